The fourth-order valence-electron chi connectivity index (χ4n) is 3.62. The Morgan fingerprint density at radius 2 is 2.00 bits per heavy atom. The second-order valence-corrected chi connectivity index (χ2v) is 8.00. The van der Waals surface area contributed by atoms with Gasteiger partial charge in [0.15, 0.2) is 5.76 Å². The molecule has 30 heavy (non-hydrogen) atoms. The van der Waals surface area contributed by atoms with Gasteiger partial charge in [-0.2, -0.15) is 0 Å². The molecule has 0 unspecified atom stereocenters. The van der Waals surface area contributed by atoms with Gasteiger partial charge in [0.25, 0.3) is 0 Å². The maximum absolute atomic E-state index is 11.5. The molecule has 2 aromatic rings. The molecule has 1 fully saturated rings. The van der Waals surface area contributed by atoms with E-state index in [4.69, 9.17) is 16.1 Å². The smallest absolute Gasteiger partial charge is 0.407 e. The molecule has 0 aliphatic carbocycles. The number of likely N-dealkylation sites (N-methyl/N-ethyl adjacent to an activating group) is 1. The van der Waals surface area contributed by atoms with Crippen molar-refractivity contribution in [3.05, 3.63) is 41.0 Å². The van der Waals surface area contributed by atoms with E-state index in [0.29, 0.717) is 11.6 Å². The Balaban J connectivity index is 1.43. The number of rotatable bonds is 8. The van der Waals surface area contributed by atoms with Crippen LogP contribution in [0.2, 0.25) is 5.02 Å². The molecular formula is C21H27ClN4O4. The summed E-state index contributed by atoms with van der Waals surface area (Å²) in [6.45, 7) is 2.96. The molecule has 0 saturated carbocycles. The summed E-state index contributed by atoms with van der Waals surface area (Å²) in [5.74, 6) is 0.705. The van der Waals surface area contributed by atoms with Gasteiger partial charge in [-0.1, -0.05) is 16.8 Å². The van der Waals surface area contributed by atoms with Gasteiger partial charge in [-0.3, -0.25) is 9.69 Å². The van der Waals surface area contributed by atoms with Crippen LogP contribution in [0.15, 0.2) is 34.9 Å². The number of hydrogen-bond acceptors (Lipinski definition) is 5. The van der Waals surface area contributed by atoms with E-state index < -0.39 is 6.09 Å². The Morgan fingerprint density at radius 1 is 1.30 bits per heavy atom. The van der Waals surface area contributed by atoms with E-state index >= 15 is 0 Å². The number of carbonyl (C=O) groups is 2. The number of carboxylic acid groups (broad SMARTS) is 1. The maximum atomic E-state index is 11.5. The van der Waals surface area contributed by atoms with Crippen molar-refractivity contribution in [3.63, 3.8) is 0 Å². The lowest BCUT2D eigenvalue weighted by molar-refractivity contribution is -0.121. The molecule has 2 heterocycles. The average Bonchev–Trinajstić information content (AvgIpc) is 3.22. The summed E-state index contributed by atoms with van der Waals surface area (Å²) < 4.78 is 5.45. The quantitative estimate of drug-likeness (QED) is 0.662. The summed E-state index contributed by atoms with van der Waals surface area (Å²) in [4.78, 5) is 26.4. The summed E-state index contributed by atoms with van der Waals surface area (Å²) in [5.41, 5.74) is 1.85. The molecule has 1 saturated heterocycles. The van der Waals surface area contributed by atoms with Crippen molar-refractivity contribution < 1.29 is 19.2 Å². The van der Waals surface area contributed by atoms with Crippen molar-refractivity contribution >= 4 is 23.6 Å². The zero-order valence-corrected chi connectivity index (χ0v) is 17.8. The van der Waals surface area contributed by atoms with Crippen LogP contribution in [-0.4, -0.2) is 71.8 Å². The fourth-order valence-corrected chi connectivity index (χ4v) is 3.75. The molecule has 2 amide bonds. The predicted octanol–water partition coefficient (Wildman–Crippen LogP) is 2.98. The first-order valence-electron chi connectivity index (χ1n) is 10.1. The van der Waals surface area contributed by atoms with Crippen molar-refractivity contribution in [3.8, 4) is 11.3 Å². The van der Waals surface area contributed by atoms with Crippen LogP contribution >= 0.6 is 11.6 Å². The molecule has 0 bridgehead atoms. The normalized spacial score (nSPS) is 15.1. The van der Waals surface area contributed by atoms with Crippen LogP contribution in [0.5, 0.6) is 0 Å². The van der Waals surface area contributed by atoms with E-state index in [1.165, 1.54) is 11.9 Å². The highest BCUT2D eigenvalue weighted by molar-refractivity contribution is 6.30. The molecule has 1 aromatic heterocycles. The van der Waals surface area contributed by atoms with Gasteiger partial charge in [0.05, 0.1) is 5.69 Å². The summed E-state index contributed by atoms with van der Waals surface area (Å²) in [5, 5.41) is 16.6. The molecule has 0 radical (unpaired) electrons. The van der Waals surface area contributed by atoms with Crippen LogP contribution in [0.3, 0.4) is 0 Å². The minimum Gasteiger partial charge on any atom is -0.465 e. The first kappa shape index (κ1) is 22.1. The highest BCUT2D eigenvalue weighted by Gasteiger charge is 2.24. The van der Waals surface area contributed by atoms with E-state index in [-0.39, 0.29) is 18.4 Å². The lowest BCUT2D eigenvalue weighted by atomic mass is 9.96. The molecular weight excluding hydrogens is 408 g/mol. The topological polar surface area (TPSA) is 98.9 Å². The number of piperidine rings is 1. The summed E-state index contributed by atoms with van der Waals surface area (Å²) in [6, 6.07) is 9.41. The number of carbonyl (C=O) groups excluding carboxylic acids is 1. The second kappa shape index (κ2) is 10.4. The predicted molar refractivity (Wildman–Crippen MR) is 113 cm³/mol. The Hall–Kier alpha value is -2.58. The van der Waals surface area contributed by atoms with Crippen molar-refractivity contribution in [1.82, 2.24) is 20.3 Å². The van der Waals surface area contributed by atoms with Crippen molar-refractivity contribution in [1.29, 1.82) is 0 Å². The van der Waals surface area contributed by atoms with Gasteiger partial charge < -0.3 is 19.8 Å². The molecule has 0 atom stereocenters. The monoisotopic (exact) mass is 434 g/mol. The van der Waals surface area contributed by atoms with E-state index in [2.05, 4.69) is 15.4 Å². The number of nitrogens with one attached hydrogen (secondary N) is 1. The van der Waals surface area contributed by atoms with Crippen LogP contribution in [0.25, 0.3) is 11.3 Å². The first-order valence-corrected chi connectivity index (χ1v) is 10.4. The third kappa shape index (κ3) is 6.21. The van der Waals surface area contributed by atoms with Crippen LogP contribution in [0.4, 0.5) is 4.79 Å². The molecule has 162 valence electrons. The third-order valence-electron chi connectivity index (χ3n) is 5.44. The minimum atomic E-state index is -1.05. The molecule has 2 N–H and O–H groups in total. The SMILES string of the molecule is CNC(=O)CN(CC1CCN(CCc2cc(-c3ccc(Cl)cc3)on2)CC1)C(=O)O. The largest absolute Gasteiger partial charge is 0.465 e. The van der Waals surface area contributed by atoms with E-state index in [0.717, 1.165) is 55.9 Å². The number of halogens is 1. The average molecular weight is 435 g/mol. The summed E-state index contributed by atoms with van der Waals surface area (Å²) in [6.07, 6.45) is 1.56. The Labute approximate surface area is 180 Å². The zero-order chi connectivity index (χ0) is 21.5. The second-order valence-electron chi connectivity index (χ2n) is 7.56. The lowest BCUT2D eigenvalue weighted by Gasteiger charge is -2.33. The summed E-state index contributed by atoms with van der Waals surface area (Å²) >= 11 is 5.92. The number of likely N-dealkylation sites (tertiary alicyclic amines) is 1. The molecule has 9 heteroatoms. The molecule has 1 aliphatic rings. The van der Waals surface area contributed by atoms with E-state index in [1.807, 2.05) is 30.3 Å². The van der Waals surface area contributed by atoms with Gasteiger partial charge >= 0.3 is 6.09 Å². The Bertz CT molecular complexity index is 847. The van der Waals surface area contributed by atoms with Crippen molar-refractivity contribution in [2.75, 3.05) is 39.8 Å². The minimum absolute atomic E-state index is 0.117. The van der Waals surface area contributed by atoms with Gasteiger partial charge in [0.2, 0.25) is 5.91 Å². The van der Waals surface area contributed by atoms with E-state index in [9.17, 15) is 14.7 Å². The van der Waals surface area contributed by atoms with Crippen LogP contribution < -0.4 is 5.32 Å². The Morgan fingerprint density at radius 3 is 2.63 bits per heavy atom. The first-order chi connectivity index (χ1) is 14.4. The van der Waals surface area contributed by atoms with Gasteiger partial charge in [-0.15, -0.1) is 0 Å². The van der Waals surface area contributed by atoms with Crippen LogP contribution in [-0.2, 0) is 11.2 Å². The summed E-state index contributed by atoms with van der Waals surface area (Å²) in [7, 11) is 1.51. The third-order valence-corrected chi connectivity index (χ3v) is 5.69. The fraction of sp³-hybridized carbons (Fsp3) is 0.476. The molecule has 1 aliphatic heterocycles. The molecule has 1 aromatic carbocycles. The van der Waals surface area contributed by atoms with Gasteiger partial charge in [-0.05, 0) is 56.1 Å². The van der Waals surface area contributed by atoms with Crippen LogP contribution in [0.1, 0.15) is 18.5 Å². The highest BCUT2D eigenvalue weighted by atomic mass is 35.5. The van der Waals surface area contributed by atoms with Crippen LogP contribution in [0, 0.1) is 5.92 Å². The Kier molecular flexibility index (Phi) is 7.70. The molecule has 8 nitrogen and oxygen atoms in total. The van der Waals surface area contributed by atoms with E-state index in [1.54, 1.807) is 0 Å². The van der Waals surface area contributed by atoms with Gasteiger partial charge in [-0.25, -0.2) is 4.79 Å². The van der Waals surface area contributed by atoms with Crippen molar-refractivity contribution in [2.45, 2.75) is 19.3 Å². The number of aromatic nitrogens is 1. The molecule has 3 rings (SSSR count). The number of nitrogens with zero attached hydrogens (tertiary/aromatic N) is 3. The van der Waals surface area contributed by atoms with Crippen molar-refractivity contribution in [2.24, 2.45) is 5.92 Å². The maximum Gasteiger partial charge on any atom is 0.407 e. The highest BCUT2D eigenvalue weighted by Crippen LogP contribution is 2.23. The number of benzene rings is 1. The molecule has 0 spiro atoms. The zero-order valence-electron chi connectivity index (χ0n) is 17.0. The number of amides is 2. The number of hydrogen-bond donors (Lipinski definition) is 2. The standard InChI is InChI=1S/C21H27ClN4O4/c1-23-20(27)14-26(21(28)29)13-15-6-9-25(10-7-15)11-8-18-12-19(30-24-18)16-2-4-17(22)5-3-16/h2-5,12,15H,6-11,13-14H2,1H3,(H,23,27)(H,28,29). The van der Waals surface area contributed by atoms with Gasteiger partial charge in [0, 0.05) is 43.2 Å². The lowest BCUT2D eigenvalue weighted by Crippen LogP contribution is -2.44. The van der Waals surface area contributed by atoms with Gasteiger partial charge in [0.1, 0.15) is 6.54 Å².